The van der Waals surface area contributed by atoms with Gasteiger partial charge in [0.1, 0.15) is 0 Å². The van der Waals surface area contributed by atoms with E-state index in [0.29, 0.717) is 0 Å². The molecule has 0 heteroatoms. The zero-order valence-electron chi connectivity index (χ0n) is 26.5. The van der Waals surface area contributed by atoms with Crippen molar-refractivity contribution in [2.45, 2.75) is 149 Å². The minimum absolute atomic E-state index is 0.894. The van der Waals surface area contributed by atoms with Crippen molar-refractivity contribution in [1.29, 1.82) is 0 Å². The van der Waals surface area contributed by atoms with Gasteiger partial charge in [-0.1, -0.05) is 68.2 Å². The van der Waals surface area contributed by atoms with Crippen LogP contribution in [-0.2, 0) is 0 Å². The van der Waals surface area contributed by atoms with E-state index in [4.69, 9.17) is 0 Å². The van der Waals surface area contributed by atoms with E-state index in [1.165, 1.54) is 128 Å². The van der Waals surface area contributed by atoms with E-state index in [2.05, 4.69) is 69.9 Å². The minimum Gasteiger partial charge on any atom is -0.103 e. The molecule has 0 aromatic heterocycles. The van der Waals surface area contributed by atoms with Crippen LogP contribution < -0.4 is 0 Å². The first-order valence-corrected chi connectivity index (χ1v) is 17.6. The highest BCUT2D eigenvalue weighted by molar-refractivity contribution is 4.92. The van der Waals surface area contributed by atoms with Crippen LogP contribution >= 0.6 is 0 Å². The maximum Gasteiger partial charge on any atom is -0.0233 e. The molecule has 0 saturated heterocycles. The molecule has 0 spiro atoms. The zero-order chi connectivity index (χ0) is 27.7. The van der Waals surface area contributed by atoms with Gasteiger partial charge in [0.2, 0.25) is 0 Å². The van der Waals surface area contributed by atoms with Crippen LogP contribution in [0.25, 0.3) is 0 Å². The lowest BCUT2D eigenvalue weighted by Crippen LogP contribution is -2.25. The molecule has 0 radical (unpaired) electrons. The van der Waals surface area contributed by atoms with Gasteiger partial charge in [-0.2, -0.15) is 0 Å². The molecule has 0 unspecified atom stereocenters. The Morgan fingerprint density at radius 3 is 1.15 bits per heavy atom. The molecule has 0 N–H and O–H groups in total. The van der Waals surface area contributed by atoms with Crippen LogP contribution in [0.4, 0.5) is 0 Å². The molecule has 0 bridgehead atoms. The van der Waals surface area contributed by atoms with Crippen molar-refractivity contribution >= 4 is 0 Å². The lowest BCUT2D eigenvalue weighted by molar-refractivity contribution is 0.153. The second-order valence-electron chi connectivity index (χ2n) is 14.0. The summed E-state index contributed by atoms with van der Waals surface area (Å²) < 4.78 is 0. The Morgan fingerprint density at radius 2 is 0.821 bits per heavy atom. The Kier molecular flexibility index (Phi) is 15.9. The molecule has 4 aliphatic rings. The molecule has 4 aliphatic carbocycles. The largest absolute Gasteiger partial charge is 0.103 e. The third kappa shape index (κ3) is 11.8. The zero-order valence-corrected chi connectivity index (χ0v) is 26.5. The summed E-state index contributed by atoms with van der Waals surface area (Å²) in [5.74, 6) is 8.08. The molecule has 222 valence electrons. The molecule has 0 aromatic rings. The maximum atomic E-state index is 3.85. The minimum atomic E-state index is 0.894. The summed E-state index contributed by atoms with van der Waals surface area (Å²) in [5.41, 5.74) is 0. The Bertz CT molecular complexity index is 692. The lowest BCUT2D eigenvalue weighted by Gasteiger charge is -2.37. The summed E-state index contributed by atoms with van der Waals surface area (Å²) >= 11 is 0. The first-order chi connectivity index (χ1) is 19.2. The fraction of sp³-hybridized carbons (Fsp3) is 0.795. The van der Waals surface area contributed by atoms with Gasteiger partial charge in [-0.15, -0.1) is 6.58 Å². The highest BCUT2D eigenvalue weighted by Crippen LogP contribution is 2.43. The van der Waals surface area contributed by atoms with Gasteiger partial charge in [0.15, 0.2) is 0 Å². The molecule has 4 fully saturated rings. The predicted octanol–water partition coefficient (Wildman–Crippen LogP) is 12.7. The standard InChI is InChI=1S/C20H34.C19H32/c1-3-5-6-8-18-11-15-20(16-12-18)19-13-9-17(7-4-2)10-14-19;1-3-5-7-17-10-14-19(15-11-17)18-12-8-16(6-4-2)9-13-18/h3-5,7,17-20H,6,8-16H2,1-2H3;3-4,6,16-19H,1,5,7-15H2,2H3/b5-3+,7-4+;6-4+. The van der Waals surface area contributed by atoms with Crippen molar-refractivity contribution < 1.29 is 0 Å². The molecular formula is C39H66. The van der Waals surface area contributed by atoms with Crippen molar-refractivity contribution in [2.75, 3.05) is 0 Å². The van der Waals surface area contributed by atoms with Gasteiger partial charge in [-0.05, 0) is 171 Å². The summed E-state index contributed by atoms with van der Waals surface area (Å²) in [6.07, 6.45) is 45.3. The molecule has 0 aromatic carbocycles. The first-order valence-electron chi connectivity index (χ1n) is 17.6. The molecule has 39 heavy (non-hydrogen) atoms. The smallest absolute Gasteiger partial charge is 0.0233 e. The number of hydrogen-bond donors (Lipinski definition) is 0. The summed E-state index contributed by atoms with van der Waals surface area (Å²) in [6, 6.07) is 0. The van der Waals surface area contributed by atoms with Gasteiger partial charge in [0, 0.05) is 0 Å². The van der Waals surface area contributed by atoms with Crippen molar-refractivity contribution in [3.8, 4) is 0 Å². The van der Waals surface area contributed by atoms with Crippen LogP contribution in [-0.4, -0.2) is 0 Å². The van der Waals surface area contributed by atoms with Crippen LogP contribution in [0.5, 0.6) is 0 Å². The van der Waals surface area contributed by atoms with Crippen molar-refractivity contribution in [2.24, 2.45) is 47.3 Å². The van der Waals surface area contributed by atoms with Gasteiger partial charge < -0.3 is 0 Å². The van der Waals surface area contributed by atoms with E-state index in [1.807, 2.05) is 0 Å². The van der Waals surface area contributed by atoms with Gasteiger partial charge >= 0.3 is 0 Å². The van der Waals surface area contributed by atoms with Crippen LogP contribution in [0.1, 0.15) is 149 Å². The third-order valence-electron chi connectivity index (χ3n) is 11.4. The summed E-state index contributed by atoms with van der Waals surface area (Å²) in [6.45, 7) is 10.3. The van der Waals surface area contributed by atoms with Crippen molar-refractivity contribution in [3.05, 3.63) is 49.1 Å². The number of rotatable bonds is 10. The Hall–Kier alpha value is -1.04. The fourth-order valence-corrected chi connectivity index (χ4v) is 8.91. The molecule has 4 saturated carbocycles. The third-order valence-corrected chi connectivity index (χ3v) is 11.4. The SMILES string of the molecule is C/C=C/CCC1CCC(C2CCC(/C=C/C)CC2)CC1.C=CCCC1CCC(C2CCC(/C=C/C)CC2)CC1. The van der Waals surface area contributed by atoms with Gasteiger partial charge in [-0.3, -0.25) is 0 Å². The summed E-state index contributed by atoms with van der Waals surface area (Å²) in [5, 5.41) is 0. The van der Waals surface area contributed by atoms with E-state index < -0.39 is 0 Å². The number of hydrogen-bond acceptors (Lipinski definition) is 0. The second kappa shape index (κ2) is 19.1. The number of allylic oxidation sites excluding steroid dienone is 7. The highest BCUT2D eigenvalue weighted by Gasteiger charge is 2.31. The second-order valence-corrected chi connectivity index (χ2v) is 14.0. The molecular weight excluding hydrogens is 468 g/mol. The molecule has 4 rings (SSSR count). The van der Waals surface area contributed by atoms with Crippen molar-refractivity contribution in [3.63, 3.8) is 0 Å². The van der Waals surface area contributed by atoms with Gasteiger partial charge in [0.05, 0.1) is 0 Å². The van der Waals surface area contributed by atoms with E-state index in [-0.39, 0.29) is 0 Å². The highest BCUT2D eigenvalue weighted by atomic mass is 14.4. The van der Waals surface area contributed by atoms with Crippen LogP contribution in [0.3, 0.4) is 0 Å². The average Bonchev–Trinajstić information content (AvgIpc) is 2.98. The quantitative estimate of drug-likeness (QED) is 0.244. The monoisotopic (exact) mass is 535 g/mol. The Balaban J connectivity index is 0.000000216. The van der Waals surface area contributed by atoms with Crippen LogP contribution in [0, 0.1) is 47.3 Å². The molecule has 0 atom stereocenters. The summed E-state index contributed by atoms with van der Waals surface area (Å²) in [4.78, 5) is 0. The molecule has 0 amide bonds. The molecule has 0 aliphatic heterocycles. The first kappa shape index (κ1) is 32.5. The van der Waals surface area contributed by atoms with Gasteiger partial charge in [0.25, 0.3) is 0 Å². The van der Waals surface area contributed by atoms with Gasteiger partial charge in [-0.25, -0.2) is 0 Å². The molecule has 0 heterocycles. The van der Waals surface area contributed by atoms with E-state index in [1.54, 1.807) is 0 Å². The van der Waals surface area contributed by atoms with Crippen LogP contribution in [0.15, 0.2) is 49.1 Å². The topological polar surface area (TPSA) is 0 Å². The maximum absolute atomic E-state index is 3.85. The normalized spacial score (nSPS) is 36.2. The predicted molar refractivity (Wildman–Crippen MR) is 175 cm³/mol. The Morgan fingerprint density at radius 1 is 0.462 bits per heavy atom. The Labute approximate surface area is 245 Å². The fourth-order valence-electron chi connectivity index (χ4n) is 8.91. The summed E-state index contributed by atoms with van der Waals surface area (Å²) in [7, 11) is 0. The van der Waals surface area contributed by atoms with E-state index in [0.717, 1.165) is 47.3 Å². The van der Waals surface area contributed by atoms with E-state index in [9.17, 15) is 0 Å². The van der Waals surface area contributed by atoms with E-state index >= 15 is 0 Å². The average molecular weight is 535 g/mol. The van der Waals surface area contributed by atoms with Crippen molar-refractivity contribution in [1.82, 2.24) is 0 Å². The molecule has 0 nitrogen and oxygen atoms in total. The van der Waals surface area contributed by atoms with Crippen LogP contribution in [0.2, 0.25) is 0 Å². The lowest BCUT2D eigenvalue weighted by atomic mass is 9.68.